The van der Waals surface area contributed by atoms with E-state index in [1.165, 1.54) is 6.07 Å². The van der Waals surface area contributed by atoms with Gasteiger partial charge in [0.05, 0.1) is 18.7 Å². The highest BCUT2D eigenvalue weighted by atomic mass is 19.3. The number of hydrogen-bond donors (Lipinski definition) is 1. The molecule has 1 aromatic heterocycles. The Balaban J connectivity index is 3.14. The second-order valence-electron chi connectivity index (χ2n) is 3.36. The van der Waals surface area contributed by atoms with Crippen LogP contribution in [0.3, 0.4) is 0 Å². The molecule has 5 nitrogen and oxygen atoms in total. The molecule has 0 bridgehead atoms. The number of ether oxygens (including phenoxy) is 1. The van der Waals surface area contributed by atoms with Gasteiger partial charge in [-0.25, -0.2) is 13.8 Å². The van der Waals surface area contributed by atoms with Crippen LogP contribution >= 0.6 is 0 Å². The van der Waals surface area contributed by atoms with Crippen LogP contribution in [0.2, 0.25) is 0 Å². The average Bonchev–Trinajstić information content (AvgIpc) is 2.31. The smallest absolute Gasteiger partial charge is 0.310 e. The van der Waals surface area contributed by atoms with Crippen LogP contribution in [0.4, 0.5) is 14.5 Å². The van der Waals surface area contributed by atoms with Crippen LogP contribution in [-0.4, -0.2) is 17.6 Å². The molecule has 0 spiro atoms. The van der Waals surface area contributed by atoms with Gasteiger partial charge in [-0.05, 0) is 18.6 Å². The number of esters is 1. The SMILES string of the molecule is CCOC(=O)Cc1cc(C#N)nc(C(F)F)c1N. The number of halogens is 2. The Kier molecular flexibility index (Phi) is 4.54. The predicted molar refractivity (Wildman–Crippen MR) is 58.7 cm³/mol. The number of pyridine rings is 1. The maximum atomic E-state index is 12.6. The number of hydrogen-bond acceptors (Lipinski definition) is 5. The molecule has 0 saturated heterocycles. The molecular weight excluding hydrogens is 244 g/mol. The Hall–Kier alpha value is -2.23. The van der Waals surface area contributed by atoms with E-state index in [1.54, 1.807) is 13.0 Å². The Morgan fingerprint density at radius 3 is 2.83 bits per heavy atom. The van der Waals surface area contributed by atoms with Gasteiger partial charge in [0, 0.05) is 0 Å². The van der Waals surface area contributed by atoms with E-state index in [1.807, 2.05) is 0 Å². The number of carbonyl (C=O) groups excluding carboxylic acids is 1. The molecule has 0 aliphatic heterocycles. The summed E-state index contributed by atoms with van der Waals surface area (Å²) in [6, 6.07) is 2.85. The van der Waals surface area contributed by atoms with E-state index in [2.05, 4.69) is 9.72 Å². The summed E-state index contributed by atoms with van der Waals surface area (Å²) in [4.78, 5) is 14.7. The zero-order valence-electron chi connectivity index (χ0n) is 9.61. The lowest BCUT2D eigenvalue weighted by Gasteiger charge is -2.10. The standard InChI is InChI=1S/C11H11F2N3O2/c1-2-18-8(17)4-6-3-7(5-14)16-10(9(6)15)11(12)13/h3,11H,2,4,15H2,1H3. The van der Waals surface area contributed by atoms with Crippen LogP contribution < -0.4 is 5.73 Å². The van der Waals surface area contributed by atoms with E-state index in [0.29, 0.717) is 0 Å². The summed E-state index contributed by atoms with van der Waals surface area (Å²) in [6.07, 6.45) is -3.17. The second-order valence-corrected chi connectivity index (χ2v) is 3.36. The molecule has 0 unspecified atom stereocenters. The molecular formula is C11H11F2N3O2. The molecule has 18 heavy (non-hydrogen) atoms. The Bertz CT molecular complexity index is 498. The van der Waals surface area contributed by atoms with Crippen molar-refractivity contribution in [2.75, 3.05) is 12.3 Å². The number of aromatic nitrogens is 1. The first-order chi connectivity index (χ1) is 8.49. The zero-order valence-corrected chi connectivity index (χ0v) is 9.61. The summed E-state index contributed by atoms with van der Waals surface area (Å²) >= 11 is 0. The van der Waals surface area contributed by atoms with Gasteiger partial charge in [0.15, 0.2) is 0 Å². The van der Waals surface area contributed by atoms with Crippen molar-refractivity contribution in [2.24, 2.45) is 0 Å². The first-order valence-corrected chi connectivity index (χ1v) is 5.12. The minimum absolute atomic E-state index is 0.121. The van der Waals surface area contributed by atoms with E-state index in [4.69, 9.17) is 11.0 Å². The lowest BCUT2D eigenvalue weighted by atomic mass is 10.1. The van der Waals surface area contributed by atoms with Crippen molar-refractivity contribution in [3.8, 4) is 6.07 Å². The summed E-state index contributed by atoms with van der Waals surface area (Å²) in [5.41, 5.74) is 4.44. The minimum atomic E-state index is -2.90. The van der Waals surface area contributed by atoms with E-state index >= 15 is 0 Å². The number of nitriles is 1. The van der Waals surface area contributed by atoms with Crippen LogP contribution in [0, 0.1) is 11.3 Å². The van der Waals surface area contributed by atoms with Gasteiger partial charge in [-0.15, -0.1) is 0 Å². The largest absolute Gasteiger partial charge is 0.466 e. The lowest BCUT2D eigenvalue weighted by molar-refractivity contribution is -0.142. The van der Waals surface area contributed by atoms with Gasteiger partial charge in [0.1, 0.15) is 17.5 Å². The molecule has 0 saturated carbocycles. The number of rotatable bonds is 4. The van der Waals surface area contributed by atoms with E-state index in [0.717, 1.165) is 0 Å². The van der Waals surface area contributed by atoms with Crippen LogP contribution in [0.15, 0.2) is 6.07 Å². The van der Waals surface area contributed by atoms with E-state index < -0.39 is 18.1 Å². The summed E-state index contributed by atoms with van der Waals surface area (Å²) in [7, 11) is 0. The van der Waals surface area contributed by atoms with Gasteiger partial charge >= 0.3 is 5.97 Å². The van der Waals surface area contributed by atoms with Crippen molar-refractivity contribution in [3.05, 3.63) is 23.0 Å². The first kappa shape index (κ1) is 13.8. The summed E-state index contributed by atoms with van der Waals surface area (Å²) in [5.74, 6) is -0.598. The highest BCUT2D eigenvalue weighted by molar-refractivity contribution is 5.75. The fraction of sp³-hybridized carbons (Fsp3) is 0.364. The molecule has 2 N–H and O–H groups in total. The van der Waals surface area contributed by atoms with E-state index in [9.17, 15) is 13.6 Å². The molecule has 0 aliphatic rings. The van der Waals surface area contributed by atoms with Gasteiger partial charge in [-0.3, -0.25) is 4.79 Å². The average molecular weight is 255 g/mol. The number of anilines is 1. The summed E-state index contributed by atoms with van der Waals surface area (Å²) in [5, 5.41) is 8.68. The van der Waals surface area contributed by atoms with Gasteiger partial charge in [0.2, 0.25) is 0 Å². The molecule has 0 radical (unpaired) electrons. The van der Waals surface area contributed by atoms with Crippen LogP contribution in [-0.2, 0) is 16.0 Å². The van der Waals surface area contributed by atoms with Crippen molar-refractivity contribution < 1.29 is 18.3 Å². The summed E-state index contributed by atoms with van der Waals surface area (Å²) < 4.78 is 30.0. The molecule has 1 rings (SSSR count). The minimum Gasteiger partial charge on any atom is -0.466 e. The maximum Gasteiger partial charge on any atom is 0.310 e. The lowest BCUT2D eigenvalue weighted by Crippen LogP contribution is -2.12. The molecule has 96 valence electrons. The van der Waals surface area contributed by atoms with Crippen molar-refractivity contribution in [1.29, 1.82) is 5.26 Å². The normalized spacial score (nSPS) is 10.2. The third kappa shape index (κ3) is 3.13. The van der Waals surface area contributed by atoms with Crippen molar-refractivity contribution in [2.45, 2.75) is 19.8 Å². The monoisotopic (exact) mass is 255 g/mol. The van der Waals surface area contributed by atoms with Crippen molar-refractivity contribution in [3.63, 3.8) is 0 Å². The molecule has 0 fully saturated rings. The number of carbonyl (C=O) groups is 1. The topological polar surface area (TPSA) is 89.0 Å². The van der Waals surface area contributed by atoms with Crippen molar-refractivity contribution in [1.82, 2.24) is 4.98 Å². The second kappa shape index (κ2) is 5.91. The Labute approximate surface area is 102 Å². The highest BCUT2D eigenvalue weighted by Gasteiger charge is 2.19. The maximum absolute atomic E-state index is 12.6. The van der Waals surface area contributed by atoms with Gasteiger partial charge < -0.3 is 10.5 Å². The van der Waals surface area contributed by atoms with E-state index in [-0.39, 0.29) is 30.0 Å². The number of nitrogen functional groups attached to an aromatic ring is 1. The van der Waals surface area contributed by atoms with Crippen molar-refractivity contribution >= 4 is 11.7 Å². The molecule has 0 aromatic carbocycles. The van der Waals surface area contributed by atoms with Crippen LogP contribution in [0.5, 0.6) is 0 Å². The van der Waals surface area contributed by atoms with Gasteiger partial charge in [0.25, 0.3) is 6.43 Å². The van der Waals surface area contributed by atoms with Gasteiger partial charge in [-0.1, -0.05) is 0 Å². The quantitative estimate of drug-likeness (QED) is 0.825. The van der Waals surface area contributed by atoms with Gasteiger partial charge in [-0.2, -0.15) is 5.26 Å². The third-order valence-electron chi connectivity index (χ3n) is 2.14. The number of nitrogens with two attached hydrogens (primary N) is 1. The molecule has 1 aromatic rings. The molecule has 0 aliphatic carbocycles. The zero-order chi connectivity index (χ0) is 13.7. The Morgan fingerprint density at radius 2 is 2.33 bits per heavy atom. The molecule has 0 amide bonds. The number of nitrogens with zero attached hydrogens (tertiary/aromatic N) is 2. The summed E-state index contributed by atoms with van der Waals surface area (Å²) in [6.45, 7) is 1.80. The Morgan fingerprint density at radius 1 is 1.67 bits per heavy atom. The predicted octanol–water partition coefficient (Wildman–Crippen LogP) is 1.58. The molecule has 1 heterocycles. The molecule has 7 heteroatoms. The third-order valence-corrected chi connectivity index (χ3v) is 2.14. The van der Waals surface area contributed by atoms with Crippen LogP contribution in [0.1, 0.15) is 30.3 Å². The number of alkyl halides is 2. The fourth-order valence-electron chi connectivity index (χ4n) is 1.37. The fourth-order valence-corrected chi connectivity index (χ4v) is 1.37. The highest BCUT2D eigenvalue weighted by Crippen LogP contribution is 2.27. The molecule has 0 atom stereocenters. The van der Waals surface area contributed by atoms with Crippen LogP contribution in [0.25, 0.3) is 0 Å². The first-order valence-electron chi connectivity index (χ1n) is 5.12.